The molecule has 0 aliphatic carbocycles. The van der Waals surface area contributed by atoms with Gasteiger partial charge in [-0.3, -0.25) is 14.2 Å². The number of nitrogens with zero attached hydrogens (tertiary/aromatic N) is 3. The maximum Gasteiger partial charge on any atom is 0.416 e. The number of alkyl halides is 3. The van der Waals surface area contributed by atoms with Crippen LogP contribution >= 0.6 is 0 Å². The lowest BCUT2D eigenvalue weighted by molar-refractivity contribution is -0.137. The van der Waals surface area contributed by atoms with Crippen LogP contribution in [-0.4, -0.2) is 38.1 Å². The van der Waals surface area contributed by atoms with Crippen LogP contribution in [0.3, 0.4) is 0 Å². The molecule has 1 fully saturated rings. The molecule has 0 saturated carbocycles. The summed E-state index contributed by atoms with van der Waals surface area (Å²) in [6.45, 7) is -0.318. The van der Waals surface area contributed by atoms with Gasteiger partial charge >= 0.3 is 6.18 Å². The van der Waals surface area contributed by atoms with Crippen molar-refractivity contribution in [3.63, 3.8) is 0 Å². The smallest absolute Gasteiger partial charge is 0.391 e. The average Bonchev–Trinajstić information content (AvgIpc) is 3.11. The lowest BCUT2D eigenvalue weighted by Crippen LogP contribution is -2.37. The highest BCUT2D eigenvalue weighted by atomic mass is 19.4. The summed E-state index contributed by atoms with van der Waals surface area (Å²) in [6.07, 6.45) is -4.12. The molecule has 1 aromatic heterocycles. The largest absolute Gasteiger partial charge is 0.416 e. The van der Waals surface area contributed by atoms with Crippen molar-refractivity contribution in [2.45, 2.75) is 31.3 Å². The minimum atomic E-state index is -4.51. The van der Waals surface area contributed by atoms with Gasteiger partial charge in [-0.05, 0) is 36.2 Å². The van der Waals surface area contributed by atoms with Crippen molar-refractivity contribution < 1.29 is 23.1 Å². The molecule has 4 rings (SSSR count). The van der Waals surface area contributed by atoms with Gasteiger partial charge in [0.25, 0.3) is 5.56 Å². The quantitative estimate of drug-likeness (QED) is 0.711. The van der Waals surface area contributed by atoms with Crippen LogP contribution in [0.2, 0.25) is 0 Å². The van der Waals surface area contributed by atoms with Crippen LogP contribution in [0.25, 0.3) is 11.0 Å². The number of benzene rings is 2. The molecule has 9 heteroatoms. The maximum atomic E-state index is 13.1. The molecule has 1 amide bonds. The first-order valence-electron chi connectivity index (χ1n) is 9.33. The molecule has 3 aromatic rings. The number of fused-ring (bicyclic) bond motifs is 1. The van der Waals surface area contributed by atoms with Gasteiger partial charge < -0.3 is 10.0 Å². The summed E-state index contributed by atoms with van der Waals surface area (Å²) < 4.78 is 40.6. The van der Waals surface area contributed by atoms with Crippen LogP contribution in [0.15, 0.2) is 59.5 Å². The van der Waals surface area contributed by atoms with E-state index in [2.05, 4.69) is 4.98 Å². The summed E-state index contributed by atoms with van der Waals surface area (Å²) >= 11 is 0. The lowest BCUT2D eigenvalue weighted by atomic mass is 10.0. The fourth-order valence-corrected chi connectivity index (χ4v) is 3.83. The van der Waals surface area contributed by atoms with Crippen LogP contribution in [0.5, 0.6) is 0 Å². The minimum Gasteiger partial charge on any atom is -0.391 e. The SMILES string of the molecule is O=C(Cn1c(=O)cnc2ccccc21)N1CC(O)CC1c1cccc(C(F)(F)F)c1. The minimum absolute atomic E-state index is 0.0164. The molecule has 1 saturated heterocycles. The topological polar surface area (TPSA) is 75.4 Å². The van der Waals surface area contributed by atoms with Crippen molar-refractivity contribution in [1.82, 2.24) is 14.5 Å². The van der Waals surface area contributed by atoms with Gasteiger partial charge in [-0.15, -0.1) is 0 Å². The number of aliphatic hydroxyl groups excluding tert-OH is 1. The van der Waals surface area contributed by atoms with Crippen molar-refractivity contribution >= 4 is 16.9 Å². The number of aromatic nitrogens is 2. The van der Waals surface area contributed by atoms with Gasteiger partial charge in [0.15, 0.2) is 0 Å². The molecule has 1 aliphatic rings. The van der Waals surface area contributed by atoms with Gasteiger partial charge in [0.05, 0.1) is 34.9 Å². The van der Waals surface area contributed by atoms with E-state index < -0.39 is 35.4 Å². The normalized spacial score (nSPS) is 19.4. The Kier molecular flexibility index (Phi) is 5.07. The summed E-state index contributed by atoms with van der Waals surface area (Å²) in [6, 6.07) is 10.9. The Labute approximate surface area is 169 Å². The van der Waals surface area contributed by atoms with Gasteiger partial charge in [0, 0.05) is 6.54 Å². The molecule has 30 heavy (non-hydrogen) atoms. The second-order valence-electron chi connectivity index (χ2n) is 7.25. The molecule has 1 N–H and O–H groups in total. The highest BCUT2D eigenvalue weighted by Crippen LogP contribution is 2.36. The van der Waals surface area contributed by atoms with Gasteiger partial charge in [-0.2, -0.15) is 13.2 Å². The Balaban J connectivity index is 1.66. The predicted octanol–water partition coefficient (Wildman–Crippen LogP) is 2.75. The Morgan fingerprint density at radius 1 is 1.17 bits per heavy atom. The number of para-hydroxylation sites is 2. The lowest BCUT2D eigenvalue weighted by Gasteiger charge is -2.26. The summed E-state index contributed by atoms with van der Waals surface area (Å²) in [5.74, 6) is -0.465. The summed E-state index contributed by atoms with van der Waals surface area (Å²) in [4.78, 5) is 30.7. The second-order valence-corrected chi connectivity index (χ2v) is 7.25. The van der Waals surface area contributed by atoms with Crippen LogP contribution in [0.1, 0.15) is 23.6 Å². The van der Waals surface area contributed by atoms with E-state index in [9.17, 15) is 27.9 Å². The number of carbonyl (C=O) groups is 1. The number of β-amino-alcohol motifs (C(OH)–C–C–N with tert-alkyl or cyclic N) is 1. The third-order valence-electron chi connectivity index (χ3n) is 5.24. The molecule has 2 aromatic carbocycles. The van der Waals surface area contributed by atoms with E-state index in [1.165, 1.54) is 21.6 Å². The number of halogens is 3. The van der Waals surface area contributed by atoms with E-state index in [0.717, 1.165) is 18.3 Å². The number of hydrogen-bond acceptors (Lipinski definition) is 4. The molecule has 2 atom stereocenters. The molecule has 2 heterocycles. The molecule has 6 nitrogen and oxygen atoms in total. The fraction of sp³-hybridized carbons (Fsp3) is 0.286. The molecule has 2 unspecified atom stereocenters. The summed E-state index contributed by atoms with van der Waals surface area (Å²) in [5.41, 5.74) is 0.0405. The molecular weight excluding hydrogens is 399 g/mol. The predicted molar refractivity (Wildman–Crippen MR) is 103 cm³/mol. The van der Waals surface area contributed by atoms with Gasteiger partial charge in [-0.1, -0.05) is 24.3 Å². The van der Waals surface area contributed by atoms with E-state index in [0.29, 0.717) is 16.6 Å². The first kappa shape index (κ1) is 20.1. The molecule has 0 radical (unpaired) electrons. The highest BCUT2D eigenvalue weighted by Gasteiger charge is 2.37. The Bertz CT molecular complexity index is 1160. The van der Waals surface area contributed by atoms with Gasteiger partial charge in [0.1, 0.15) is 6.54 Å². The molecule has 1 aliphatic heterocycles. The van der Waals surface area contributed by atoms with Crippen LogP contribution < -0.4 is 5.56 Å². The van der Waals surface area contributed by atoms with Crippen molar-refractivity contribution in [3.05, 3.63) is 76.2 Å². The number of carbonyl (C=O) groups excluding carboxylic acids is 1. The zero-order valence-corrected chi connectivity index (χ0v) is 15.7. The van der Waals surface area contributed by atoms with E-state index in [1.807, 2.05) is 0 Å². The zero-order valence-electron chi connectivity index (χ0n) is 15.7. The highest BCUT2D eigenvalue weighted by molar-refractivity contribution is 5.80. The van der Waals surface area contributed by atoms with Crippen molar-refractivity contribution in [2.75, 3.05) is 6.54 Å². The van der Waals surface area contributed by atoms with E-state index in [1.54, 1.807) is 24.3 Å². The van der Waals surface area contributed by atoms with Crippen molar-refractivity contribution in [1.29, 1.82) is 0 Å². The number of rotatable bonds is 3. The third kappa shape index (κ3) is 3.80. The summed E-state index contributed by atoms with van der Waals surface area (Å²) in [5, 5.41) is 10.1. The van der Waals surface area contributed by atoms with Gasteiger partial charge in [-0.25, -0.2) is 4.98 Å². The number of likely N-dealkylation sites (tertiary alicyclic amines) is 1. The first-order chi connectivity index (χ1) is 14.2. The third-order valence-corrected chi connectivity index (χ3v) is 5.24. The van der Waals surface area contributed by atoms with Gasteiger partial charge in [0.2, 0.25) is 5.91 Å². The first-order valence-corrected chi connectivity index (χ1v) is 9.33. The van der Waals surface area contributed by atoms with E-state index in [-0.39, 0.29) is 19.5 Å². The monoisotopic (exact) mass is 417 g/mol. The summed E-state index contributed by atoms with van der Waals surface area (Å²) in [7, 11) is 0. The molecule has 0 spiro atoms. The molecular formula is C21H18F3N3O3. The zero-order chi connectivity index (χ0) is 21.5. The number of hydrogen-bond donors (Lipinski definition) is 1. The molecule has 156 valence electrons. The standard InChI is InChI=1S/C21H18F3N3O3/c22-21(23,24)14-5-3-4-13(8-14)18-9-15(28)11-26(18)20(30)12-27-17-7-2-1-6-16(17)25-10-19(27)29/h1-8,10,15,18,28H,9,11-12H2. The Hall–Kier alpha value is -3.20. The van der Waals surface area contributed by atoms with E-state index >= 15 is 0 Å². The Morgan fingerprint density at radius 3 is 2.70 bits per heavy atom. The Morgan fingerprint density at radius 2 is 1.93 bits per heavy atom. The van der Waals surface area contributed by atoms with Crippen LogP contribution in [0.4, 0.5) is 13.2 Å². The van der Waals surface area contributed by atoms with E-state index in [4.69, 9.17) is 0 Å². The number of amides is 1. The van der Waals surface area contributed by atoms with Crippen molar-refractivity contribution in [2.24, 2.45) is 0 Å². The van der Waals surface area contributed by atoms with Crippen LogP contribution in [0, 0.1) is 0 Å². The van der Waals surface area contributed by atoms with Crippen LogP contribution in [-0.2, 0) is 17.5 Å². The fourth-order valence-electron chi connectivity index (χ4n) is 3.83. The average molecular weight is 417 g/mol. The second kappa shape index (κ2) is 7.56. The molecule has 0 bridgehead atoms. The number of aliphatic hydroxyl groups is 1. The van der Waals surface area contributed by atoms with Crippen molar-refractivity contribution in [3.8, 4) is 0 Å². The maximum absolute atomic E-state index is 13.1.